The third-order valence-corrected chi connectivity index (χ3v) is 4.51. The Morgan fingerprint density at radius 3 is 2.54 bits per heavy atom. The molecule has 7 heteroatoms. The molecule has 0 bridgehead atoms. The number of aromatic amines is 1. The Morgan fingerprint density at radius 2 is 1.85 bits per heavy atom. The summed E-state index contributed by atoms with van der Waals surface area (Å²) in [6.07, 6.45) is 2.09. The SMILES string of the molecule is O=C(Nc1ccccc1F)Nc1c(-c2ccc(Cl)cc2)n[nH]c1C1CC1. The highest BCUT2D eigenvalue weighted by Crippen LogP contribution is 2.45. The lowest BCUT2D eigenvalue weighted by Gasteiger charge is -2.10. The van der Waals surface area contributed by atoms with E-state index in [1.807, 2.05) is 12.1 Å². The van der Waals surface area contributed by atoms with Crippen molar-refractivity contribution >= 4 is 29.0 Å². The first-order valence-electron chi connectivity index (χ1n) is 8.28. The van der Waals surface area contributed by atoms with Crippen LogP contribution in [0.5, 0.6) is 0 Å². The molecule has 4 rings (SSSR count). The van der Waals surface area contributed by atoms with Crippen molar-refractivity contribution in [1.82, 2.24) is 10.2 Å². The highest BCUT2D eigenvalue weighted by molar-refractivity contribution is 6.30. The van der Waals surface area contributed by atoms with Crippen LogP contribution in [0, 0.1) is 5.82 Å². The van der Waals surface area contributed by atoms with E-state index in [1.165, 1.54) is 12.1 Å². The fourth-order valence-electron chi connectivity index (χ4n) is 2.80. The summed E-state index contributed by atoms with van der Waals surface area (Å²) in [5, 5.41) is 13.4. The summed E-state index contributed by atoms with van der Waals surface area (Å²) in [6.45, 7) is 0. The number of amides is 2. The molecule has 2 aromatic carbocycles. The van der Waals surface area contributed by atoms with Crippen LogP contribution in [0.25, 0.3) is 11.3 Å². The first kappa shape index (κ1) is 16.6. The van der Waals surface area contributed by atoms with E-state index in [9.17, 15) is 9.18 Å². The number of benzene rings is 2. The van der Waals surface area contributed by atoms with Crippen molar-refractivity contribution in [2.75, 3.05) is 10.6 Å². The number of aromatic nitrogens is 2. The van der Waals surface area contributed by atoms with E-state index >= 15 is 0 Å². The Bertz CT molecular complexity index is 950. The predicted molar refractivity (Wildman–Crippen MR) is 100 cm³/mol. The number of H-pyrrole nitrogens is 1. The van der Waals surface area contributed by atoms with Gasteiger partial charge in [-0.2, -0.15) is 5.10 Å². The largest absolute Gasteiger partial charge is 0.323 e. The van der Waals surface area contributed by atoms with Crippen molar-refractivity contribution in [1.29, 1.82) is 0 Å². The number of hydrogen-bond acceptors (Lipinski definition) is 2. The van der Waals surface area contributed by atoms with Gasteiger partial charge in [0.15, 0.2) is 0 Å². The van der Waals surface area contributed by atoms with Crippen molar-refractivity contribution in [3.8, 4) is 11.3 Å². The molecule has 5 nitrogen and oxygen atoms in total. The summed E-state index contributed by atoms with van der Waals surface area (Å²) in [6, 6.07) is 12.7. The van der Waals surface area contributed by atoms with Crippen molar-refractivity contribution in [3.05, 3.63) is 65.1 Å². The average molecular weight is 371 g/mol. The highest BCUT2D eigenvalue weighted by atomic mass is 35.5. The number of rotatable bonds is 4. The van der Waals surface area contributed by atoms with Gasteiger partial charge in [-0.3, -0.25) is 5.10 Å². The molecule has 132 valence electrons. The third-order valence-electron chi connectivity index (χ3n) is 4.26. The summed E-state index contributed by atoms with van der Waals surface area (Å²) in [7, 11) is 0. The van der Waals surface area contributed by atoms with E-state index in [-0.39, 0.29) is 5.69 Å². The lowest BCUT2D eigenvalue weighted by molar-refractivity contribution is 0.262. The minimum atomic E-state index is -0.520. The van der Waals surface area contributed by atoms with Gasteiger partial charge in [-0.05, 0) is 37.1 Å². The monoisotopic (exact) mass is 370 g/mol. The van der Waals surface area contributed by atoms with Gasteiger partial charge in [0.05, 0.1) is 17.1 Å². The number of urea groups is 1. The van der Waals surface area contributed by atoms with Crippen molar-refractivity contribution in [2.45, 2.75) is 18.8 Å². The van der Waals surface area contributed by atoms with Crippen molar-refractivity contribution in [2.24, 2.45) is 0 Å². The van der Waals surface area contributed by atoms with E-state index in [4.69, 9.17) is 11.6 Å². The number of hydrogen-bond donors (Lipinski definition) is 3. The van der Waals surface area contributed by atoms with Crippen molar-refractivity contribution < 1.29 is 9.18 Å². The molecule has 0 atom stereocenters. The fraction of sp³-hybridized carbons (Fsp3) is 0.158. The topological polar surface area (TPSA) is 69.8 Å². The maximum absolute atomic E-state index is 13.8. The maximum Gasteiger partial charge on any atom is 0.323 e. The van der Waals surface area contributed by atoms with Crippen LogP contribution >= 0.6 is 11.6 Å². The van der Waals surface area contributed by atoms with Gasteiger partial charge >= 0.3 is 6.03 Å². The summed E-state index contributed by atoms with van der Waals surface area (Å²) in [4.78, 5) is 12.4. The van der Waals surface area contributed by atoms with Gasteiger partial charge in [-0.25, -0.2) is 9.18 Å². The summed E-state index contributed by atoms with van der Waals surface area (Å²) in [5.41, 5.74) is 3.09. The molecule has 0 saturated heterocycles. The van der Waals surface area contributed by atoms with E-state index in [2.05, 4.69) is 20.8 Å². The number of anilines is 2. The average Bonchev–Trinajstić information content (AvgIpc) is 3.39. The molecule has 0 radical (unpaired) electrons. The second-order valence-corrected chi connectivity index (χ2v) is 6.64. The van der Waals surface area contributed by atoms with Gasteiger partial charge in [0.1, 0.15) is 11.5 Å². The number of carbonyl (C=O) groups excluding carboxylic acids is 1. The Balaban J connectivity index is 1.62. The lowest BCUT2D eigenvalue weighted by atomic mass is 10.1. The first-order valence-corrected chi connectivity index (χ1v) is 8.66. The molecule has 3 N–H and O–H groups in total. The molecule has 2 amide bonds. The van der Waals surface area contributed by atoms with Gasteiger partial charge in [-0.15, -0.1) is 0 Å². The second kappa shape index (κ2) is 6.80. The molecule has 1 aliphatic rings. The maximum atomic E-state index is 13.8. The summed E-state index contributed by atoms with van der Waals surface area (Å²) >= 11 is 5.95. The smallest absolute Gasteiger partial charge is 0.305 e. The number of carbonyl (C=O) groups is 1. The van der Waals surface area contributed by atoms with Crippen LogP contribution in [0.15, 0.2) is 48.5 Å². The predicted octanol–water partition coefficient (Wildman–Crippen LogP) is 5.39. The van der Waals surface area contributed by atoms with E-state index in [1.54, 1.807) is 24.3 Å². The van der Waals surface area contributed by atoms with Gasteiger partial charge in [0.25, 0.3) is 0 Å². The molecule has 0 unspecified atom stereocenters. The van der Waals surface area contributed by atoms with E-state index < -0.39 is 11.8 Å². The Hall–Kier alpha value is -2.86. The van der Waals surface area contributed by atoms with Crippen LogP contribution < -0.4 is 10.6 Å². The summed E-state index contributed by atoms with van der Waals surface area (Å²) in [5.74, 6) is -0.137. The van der Waals surface area contributed by atoms with Gasteiger partial charge in [-0.1, -0.05) is 35.9 Å². The number of para-hydroxylation sites is 1. The van der Waals surface area contributed by atoms with Crippen LogP contribution in [0.1, 0.15) is 24.5 Å². The first-order chi connectivity index (χ1) is 12.6. The normalized spacial score (nSPS) is 13.5. The van der Waals surface area contributed by atoms with Gasteiger partial charge in [0.2, 0.25) is 0 Å². The molecule has 1 saturated carbocycles. The molecule has 26 heavy (non-hydrogen) atoms. The molecular weight excluding hydrogens is 355 g/mol. The Morgan fingerprint density at radius 1 is 1.12 bits per heavy atom. The number of nitrogens with one attached hydrogen (secondary N) is 3. The van der Waals surface area contributed by atoms with Crippen LogP contribution in [-0.4, -0.2) is 16.2 Å². The second-order valence-electron chi connectivity index (χ2n) is 6.20. The molecule has 0 aliphatic heterocycles. The van der Waals surface area contributed by atoms with Crippen molar-refractivity contribution in [3.63, 3.8) is 0 Å². The minimum absolute atomic E-state index is 0.120. The molecule has 0 spiro atoms. The highest BCUT2D eigenvalue weighted by Gasteiger charge is 2.31. The van der Waals surface area contributed by atoms with Gasteiger partial charge in [0, 0.05) is 16.5 Å². The van der Waals surface area contributed by atoms with Gasteiger partial charge < -0.3 is 10.6 Å². The zero-order valence-electron chi connectivity index (χ0n) is 13.7. The molecule has 1 fully saturated rings. The minimum Gasteiger partial charge on any atom is -0.305 e. The Kier molecular flexibility index (Phi) is 4.34. The van der Waals surface area contributed by atoms with E-state index in [0.29, 0.717) is 22.3 Å². The third kappa shape index (κ3) is 3.41. The van der Waals surface area contributed by atoms with Crippen LogP contribution in [0.4, 0.5) is 20.6 Å². The zero-order valence-corrected chi connectivity index (χ0v) is 14.5. The number of nitrogens with zero attached hydrogens (tertiary/aromatic N) is 1. The van der Waals surface area contributed by atoms with Crippen LogP contribution in [0.3, 0.4) is 0 Å². The zero-order chi connectivity index (χ0) is 18.1. The van der Waals surface area contributed by atoms with Crippen LogP contribution in [-0.2, 0) is 0 Å². The standard InChI is InChI=1S/C19H16ClFN4O/c20-13-9-7-12(8-10-13)17-18(16(24-25-17)11-5-6-11)23-19(26)22-15-4-2-1-3-14(15)21/h1-4,7-11H,5-6H2,(H,24,25)(H2,22,23,26). The quantitative estimate of drug-likeness (QED) is 0.576. The molecule has 1 aliphatic carbocycles. The molecule has 3 aromatic rings. The summed E-state index contributed by atoms with van der Waals surface area (Å²) < 4.78 is 13.8. The number of halogens is 2. The van der Waals surface area contributed by atoms with Crippen LogP contribution in [0.2, 0.25) is 5.02 Å². The lowest BCUT2D eigenvalue weighted by Crippen LogP contribution is -2.21. The van der Waals surface area contributed by atoms with E-state index in [0.717, 1.165) is 24.1 Å². The Labute approximate surface area is 154 Å². The molecule has 1 aromatic heterocycles. The molecule has 1 heterocycles. The fourth-order valence-corrected chi connectivity index (χ4v) is 2.92. The molecular formula is C19H16ClFN4O.